The lowest BCUT2D eigenvalue weighted by Crippen LogP contribution is -2.15. The lowest BCUT2D eigenvalue weighted by molar-refractivity contribution is -0.276. The maximum atomic E-state index is 11.6. The van der Waals surface area contributed by atoms with Gasteiger partial charge < -0.3 is 5.11 Å². The zero-order valence-electron chi connectivity index (χ0n) is 10.2. The first-order valence-corrected chi connectivity index (χ1v) is 5.84. The van der Waals surface area contributed by atoms with Crippen molar-refractivity contribution >= 4 is 5.97 Å². The van der Waals surface area contributed by atoms with E-state index in [0.717, 1.165) is 19.3 Å². The van der Waals surface area contributed by atoms with E-state index in [1.807, 2.05) is 13.8 Å². The lowest BCUT2D eigenvalue weighted by atomic mass is 10.2. The fourth-order valence-electron chi connectivity index (χ4n) is 1.45. The van der Waals surface area contributed by atoms with Gasteiger partial charge >= 0.3 is 5.97 Å². The van der Waals surface area contributed by atoms with Gasteiger partial charge in [-0.2, -0.15) is 4.89 Å². The summed E-state index contributed by atoms with van der Waals surface area (Å²) in [7, 11) is 0. The number of para-hydroxylation sites is 1. The Bertz CT molecular complexity index is 362. The molecule has 1 aromatic rings. The highest BCUT2D eigenvalue weighted by molar-refractivity contribution is 5.91. The van der Waals surface area contributed by atoms with Crippen LogP contribution in [0, 0.1) is 0 Å². The third kappa shape index (κ3) is 4.07. The molecule has 0 saturated carbocycles. The molecule has 94 valence electrons. The van der Waals surface area contributed by atoms with E-state index in [-0.39, 0.29) is 17.4 Å². The number of phenolic OH excluding ortho intramolecular Hbond substituents is 1. The minimum Gasteiger partial charge on any atom is -0.507 e. The molecule has 1 aromatic carbocycles. The van der Waals surface area contributed by atoms with Gasteiger partial charge in [0, 0.05) is 0 Å². The molecule has 0 aliphatic carbocycles. The average molecular weight is 238 g/mol. The summed E-state index contributed by atoms with van der Waals surface area (Å²) in [5.74, 6) is -0.776. The second kappa shape index (κ2) is 6.91. The van der Waals surface area contributed by atoms with Crippen molar-refractivity contribution in [2.24, 2.45) is 0 Å². The zero-order valence-corrected chi connectivity index (χ0v) is 10.2. The number of hydrogen-bond donors (Lipinski definition) is 1. The minimum absolute atomic E-state index is 0.0881. The Morgan fingerprint density at radius 2 is 2.06 bits per heavy atom. The molecule has 1 N–H and O–H groups in total. The van der Waals surface area contributed by atoms with Crippen LogP contribution in [-0.4, -0.2) is 17.2 Å². The maximum Gasteiger partial charge on any atom is 0.376 e. The van der Waals surface area contributed by atoms with E-state index in [1.54, 1.807) is 12.1 Å². The molecule has 1 atom stereocenters. The molecule has 0 radical (unpaired) electrons. The number of benzene rings is 1. The number of phenols is 1. The van der Waals surface area contributed by atoms with Crippen LogP contribution in [0.3, 0.4) is 0 Å². The van der Waals surface area contributed by atoms with Gasteiger partial charge in [-0.3, -0.25) is 4.89 Å². The zero-order chi connectivity index (χ0) is 12.7. The predicted molar refractivity (Wildman–Crippen MR) is 63.6 cm³/mol. The number of aromatic hydroxyl groups is 1. The van der Waals surface area contributed by atoms with E-state index in [2.05, 4.69) is 0 Å². The topological polar surface area (TPSA) is 55.8 Å². The van der Waals surface area contributed by atoms with Crippen molar-refractivity contribution < 1.29 is 19.7 Å². The molecular formula is C13H18O4. The third-order valence-corrected chi connectivity index (χ3v) is 2.45. The van der Waals surface area contributed by atoms with E-state index in [0.29, 0.717) is 0 Å². The molecule has 1 rings (SSSR count). The van der Waals surface area contributed by atoms with Crippen LogP contribution in [0.4, 0.5) is 0 Å². The summed E-state index contributed by atoms with van der Waals surface area (Å²) in [6.45, 7) is 4.00. The molecule has 0 spiro atoms. The summed E-state index contributed by atoms with van der Waals surface area (Å²) in [5, 5.41) is 9.45. The highest BCUT2D eigenvalue weighted by atomic mass is 17.2. The SMILES string of the molecule is CCCC(CC)OOC(=O)c1ccccc1O. The van der Waals surface area contributed by atoms with Crippen molar-refractivity contribution in [3.05, 3.63) is 29.8 Å². The first-order chi connectivity index (χ1) is 8.19. The van der Waals surface area contributed by atoms with E-state index in [1.165, 1.54) is 12.1 Å². The largest absolute Gasteiger partial charge is 0.507 e. The van der Waals surface area contributed by atoms with Gasteiger partial charge in [-0.05, 0) is 25.0 Å². The van der Waals surface area contributed by atoms with Gasteiger partial charge in [0.05, 0.1) is 0 Å². The molecule has 17 heavy (non-hydrogen) atoms. The molecule has 1 unspecified atom stereocenters. The van der Waals surface area contributed by atoms with Gasteiger partial charge in [0.1, 0.15) is 17.4 Å². The minimum atomic E-state index is -0.669. The highest BCUT2D eigenvalue weighted by Crippen LogP contribution is 2.17. The van der Waals surface area contributed by atoms with Gasteiger partial charge in [0.2, 0.25) is 0 Å². The summed E-state index contributed by atoms with van der Waals surface area (Å²) in [4.78, 5) is 21.3. The maximum absolute atomic E-state index is 11.6. The normalized spacial score (nSPS) is 12.1. The molecule has 4 heteroatoms. The molecule has 0 aromatic heterocycles. The van der Waals surface area contributed by atoms with E-state index >= 15 is 0 Å². The van der Waals surface area contributed by atoms with Crippen LogP contribution >= 0.6 is 0 Å². The van der Waals surface area contributed by atoms with Crippen LogP contribution in [0.1, 0.15) is 43.5 Å². The van der Waals surface area contributed by atoms with E-state index in [4.69, 9.17) is 9.78 Å². The summed E-state index contributed by atoms with van der Waals surface area (Å²) < 4.78 is 0. The van der Waals surface area contributed by atoms with Crippen LogP contribution in [-0.2, 0) is 9.78 Å². The molecular weight excluding hydrogens is 220 g/mol. The van der Waals surface area contributed by atoms with Gasteiger partial charge in [-0.15, -0.1) is 0 Å². The van der Waals surface area contributed by atoms with Gasteiger partial charge in [-0.1, -0.05) is 32.4 Å². The van der Waals surface area contributed by atoms with Crippen molar-refractivity contribution in [3.63, 3.8) is 0 Å². The van der Waals surface area contributed by atoms with Gasteiger partial charge in [0.15, 0.2) is 0 Å². The Balaban J connectivity index is 2.52. The van der Waals surface area contributed by atoms with Gasteiger partial charge in [-0.25, -0.2) is 4.79 Å². The van der Waals surface area contributed by atoms with Crippen molar-refractivity contribution in [3.8, 4) is 5.75 Å². The van der Waals surface area contributed by atoms with Crippen LogP contribution < -0.4 is 0 Å². The number of carbonyl (C=O) groups excluding carboxylic acids is 1. The Kier molecular flexibility index (Phi) is 5.49. The third-order valence-electron chi connectivity index (χ3n) is 2.45. The second-order valence-corrected chi connectivity index (χ2v) is 3.80. The van der Waals surface area contributed by atoms with Crippen LogP contribution in [0.5, 0.6) is 5.75 Å². The number of carbonyl (C=O) groups is 1. The molecule has 0 aliphatic heterocycles. The predicted octanol–water partition coefficient (Wildman–Crippen LogP) is 3.06. The van der Waals surface area contributed by atoms with Crippen molar-refractivity contribution in [2.75, 3.05) is 0 Å². The Hall–Kier alpha value is -1.55. The Morgan fingerprint density at radius 1 is 1.35 bits per heavy atom. The van der Waals surface area contributed by atoms with Crippen LogP contribution in [0.25, 0.3) is 0 Å². The molecule has 0 saturated heterocycles. The quantitative estimate of drug-likeness (QED) is 0.611. The number of rotatable bonds is 6. The molecule has 0 amide bonds. The standard InChI is InChI=1S/C13H18O4/c1-3-7-10(4-2)16-17-13(15)11-8-5-6-9-12(11)14/h5-6,8-10,14H,3-4,7H2,1-2H3. The average Bonchev–Trinajstić information content (AvgIpc) is 2.34. The van der Waals surface area contributed by atoms with Crippen molar-refractivity contribution in [2.45, 2.75) is 39.2 Å². The number of hydrogen-bond acceptors (Lipinski definition) is 4. The smallest absolute Gasteiger partial charge is 0.376 e. The van der Waals surface area contributed by atoms with E-state index < -0.39 is 5.97 Å². The fraction of sp³-hybridized carbons (Fsp3) is 0.462. The molecule has 0 fully saturated rings. The van der Waals surface area contributed by atoms with Crippen LogP contribution in [0.2, 0.25) is 0 Å². The summed E-state index contributed by atoms with van der Waals surface area (Å²) >= 11 is 0. The van der Waals surface area contributed by atoms with E-state index in [9.17, 15) is 9.90 Å². The van der Waals surface area contributed by atoms with Crippen molar-refractivity contribution in [1.29, 1.82) is 0 Å². The van der Waals surface area contributed by atoms with Crippen molar-refractivity contribution in [1.82, 2.24) is 0 Å². The molecule has 0 heterocycles. The summed E-state index contributed by atoms with van der Waals surface area (Å²) in [6.07, 6.45) is 2.49. The first kappa shape index (κ1) is 13.5. The fourth-order valence-corrected chi connectivity index (χ4v) is 1.45. The van der Waals surface area contributed by atoms with Gasteiger partial charge in [0.25, 0.3) is 0 Å². The monoisotopic (exact) mass is 238 g/mol. The molecule has 0 aliphatic rings. The summed E-state index contributed by atoms with van der Waals surface area (Å²) in [6, 6.07) is 6.21. The Labute approximate surface area is 101 Å². The Morgan fingerprint density at radius 3 is 2.65 bits per heavy atom. The lowest BCUT2D eigenvalue weighted by Gasteiger charge is -2.13. The van der Waals surface area contributed by atoms with Crippen LogP contribution in [0.15, 0.2) is 24.3 Å². The highest BCUT2D eigenvalue weighted by Gasteiger charge is 2.15. The molecule has 0 bridgehead atoms. The summed E-state index contributed by atoms with van der Waals surface area (Å²) in [5.41, 5.74) is 0.110. The first-order valence-electron chi connectivity index (χ1n) is 5.84. The molecule has 4 nitrogen and oxygen atoms in total. The second-order valence-electron chi connectivity index (χ2n) is 3.80.